The first-order chi connectivity index (χ1) is 6.22. The number of amides is 1. The third kappa shape index (κ3) is 6.14. The SMILES string of the molecule is CC/C=C\CC/C=C(\CC)C(N)=O. The fraction of sp³-hybridized carbons (Fsp3) is 0.545. The van der Waals surface area contributed by atoms with E-state index in [1.54, 1.807) is 0 Å². The van der Waals surface area contributed by atoms with Crippen LogP contribution in [0.3, 0.4) is 0 Å². The molecule has 0 aliphatic rings. The highest BCUT2D eigenvalue weighted by Crippen LogP contribution is 2.03. The zero-order valence-corrected chi connectivity index (χ0v) is 8.55. The summed E-state index contributed by atoms with van der Waals surface area (Å²) in [6.45, 7) is 4.05. The molecule has 0 aromatic heterocycles. The van der Waals surface area contributed by atoms with E-state index < -0.39 is 0 Å². The second kappa shape index (κ2) is 7.59. The Kier molecular flexibility index (Phi) is 6.98. The van der Waals surface area contributed by atoms with E-state index in [9.17, 15) is 4.79 Å². The molecule has 0 aromatic carbocycles. The van der Waals surface area contributed by atoms with E-state index in [4.69, 9.17) is 5.73 Å². The number of primary amides is 1. The number of carbonyl (C=O) groups excluding carboxylic acids is 1. The lowest BCUT2D eigenvalue weighted by atomic mass is 10.1. The van der Waals surface area contributed by atoms with Crippen molar-refractivity contribution in [1.82, 2.24) is 0 Å². The van der Waals surface area contributed by atoms with Crippen LogP contribution in [0.25, 0.3) is 0 Å². The Hall–Kier alpha value is -1.05. The molecular formula is C11H19NO. The maximum absolute atomic E-state index is 10.8. The lowest BCUT2D eigenvalue weighted by Gasteiger charge is -1.96. The van der Waals surface area contributed by atoms with Crippen molar-refractivity contribution in [2.75, 3.05) is 0 Å². The van der Waals surface area contributed by atoms with E-state index in [1.807, 2.05) is 13.0 Å². The van der Waals surface area contributed by atoms with E-state index in [-0.39, 0.29) is 5.91 Å². The molecule has 0 aromatic rings. The molecule has 0 spiro atoms. The lowest BCUT2D eigenvalue weighted by Crippen LogP contribution is -2.13. The van der Waals surface area contributed by atoms with Crippen molar-refractivity contribution in [3.63, 3.8) is 0 Å². The van der Waals surface area contributed by atoms with Crippen LogP contribution in [0.15, 0.2) is 23.8 Å². The van der Waals surface area contributed by atoms with Gasteiger partial charge in [0.05, 0.1) is 0 Å². The van der Waals surface area contributed by atoms with Crippen LogP contribution in [0, 0.1) is 0 Å². The van der Waals surface area contributed by atoms with Crippen LogP contribution in [-0.2, 0) is 4.79 Å². The number of allylic oxidation sites excluding steroid dienone is 3. The molecule has 0 aliphatic heterocycles. The lowest BCUT2D eigenvalue weighted by molar-refractivity contribution is -0.114. The molecule has 0 unspecified atom stereocenters. The zero-order valence-electron chi connectivity index (χ0n) is 8.55. The summed E-state index contributed by atoms with van der Waals surface area (Å²) in [7, 11) is 0. The minimum atomic E-state index is -0.290. The van der Waals surface area contributed by atoms with Gasteiger partial charge in [-0.05, 0) is 25.7 Å². The van der Waals surface area contributed by atoms with Gasteiger partial charge in [0.1, 0.15) is 0 Å². The first kappa shape index (κ1) is 11.9. The Bertz CT molecular complexity index is 204. The predicted octanol–water partition coefficient (Wildman–Crippen LogP) is 2.55. The van der Waals surface area contributed by atoms with Crippen molar-refractivity contribution < 1.29 is 4.79 Å². The maximum atomic E-state index is 10.8. The van der Waals surface area contributed by atoms with Crippen LogP contribution < -0.4 is 5.73 Å². The normalized spacial score (nSPS) is 12.3. The van der Waals surface area contributed by atoms with E-state index in [0.717, 1.165) is 31.3 Å². The molecule has 0 radical (unpaired) electrons. The molecule has 0 bridgehead atoms. The monoisotopic (exact) mass is 181 g/mol. The number of hydrogen-bond acceptors (Lipinski definition) is 1. The van der Waals surface area contributed by atoms with Crippen molar-refractivity contribution >= 4 is 5.91 Å². The van der Waals surface area contributed by atoms with Crippen LogP contribution in [0.2, 0.25) is 0 Å². The molecule has 0 fully saturated rings. The molecule has 0 saturated heterocycles. The average molecular weight is 181 g/mol. The molecule has 74 valence electrons. The molecule has 2 heteroatoms. The average Bonchev–Trinajstić information content (AvgIpc) is 2.10. The molecule has 0 heterocycles. The van der Waals surface area contributed by atoms with E-state index in [0.29, 0.717) is 0 Å². The fourth-order valence-corrected chi connectivity index (χ4v) is 1.06. The topological polar surface area (TPSA) is 43.1 Å². The number of nitrogens with two attached hydrogens (primary N) is 1. The summed E-state index contributed by atoms with van der Waals surface area (Å²) in [5, 5.41) is 0. The number of carbonyl (C=O) groups is 1. The first-order valence-electron chi connectivity index (χ1n) is 4.86. The summed E-state index contributed by atoms with van der Waals surface area (Å²) >= 11 is 0. The van der Waals surface area contributed by atoms with Crippen molar-refractivity contribution in [3.05, 3.63) is 23.8 Å². The van der Waals surface area contributed by atoms with Gasteiger partial charge >= 0.3 is 0 Å². The summed E-state index contributed by atoms with van der Waals surface area (Å²) < 4.78 is 0. The Labute approximate surface area is 80.5 Å². The summed E-state index contributed by atoms with van der Waals surface area (Å²) in [6, 6.07) is 0. The molecule has 2 N–H and O–H groups in total. The molecule has 13 heavy (non-hydrogen) atoms. The molecule has 0 aliphatic carbocycles. The van der Waals surface area contributed by atoms with Crippen LogP contribution >= 0.6 is 0 Å². The smallest absolute Gasteiger partial charge is 0.244 e. The van der Waals surface area contributed by atoms with Gasteiger partial charge in [0.25, 0.3) is 0 Å². The highest BCUT2D eigenvalue weighted by atomic mass is 16.1. The third-order valence-corrected chi connectivity index (χ3v) is 1.82. The van der Waals surface area contributed by atoms with Crippen LogP contribution in [0.5, 0.6) is 0 Å². The number of hydrogen-bond donors (Lipinski definition) is 1. The second-order valence-electron chi connectivity index (χ2n) is 2.90. The van der Waals surface area contributed by atoms with Crippen molar-refractivity contribution in [3.8, 4) is 0 Å². The van der Waals surface area contributed by atoms with Gasteiger partial charge in [-0.2, -0.15) is 0 Å². The Morgan fingerprint density at radius 1 is 1.23 bits per heavy atom. The molecule has 0 atom stereocenters. The maximum Gasteiger partial charge on any atom is 0.244 e. The second-order valence-corrected chi connectivity index (χ2v) is 2.90. The number of rotatable bonds is 6. The summed E-state index contributed by atoms with van der Waals surface area (Å²) in [4.78, 5) is 10.8. The fourth-order valence-electron chi connectivity index (χ4n) is 1.06. The third-order valence-electron chi connectivity index (χ3n) is 1.82. The largest absolute Gasteiger partial charge is 0.366 e. The summed E-state index contributed by atoms with van der Waals surface area (Å²) in [5.74, 6) is -0.290. The van der Waals surface area contributed by atoms with Gasteiger partial charge in [-0.1, -0.05) is 32.1 Å². The number of unbranched alkanes of at least 4 members (excludes halogenated alkanes) is 1. The van der Waals surface area contributed by atoms with E-state index in [2.05, 4.69) is 19.1 Å². The van der Waals surface area contributed by atoms with Gasteiger partial charge in [-0.3, -0.25) is 4.79 Å². The molecule has 1 amide bonds. The van der Waals surface area contributed by atoms with E-state index in [1.165, 1.54) is 0 Å². The van der Waals surface area contributed by atoms with Crippen molar-refractivity contribution in [2.45, 2.75) is 39.5 Å². The standard InChI is InChI=1S/C11H19NO/c1-3-5-6-7-8-9-10(4-2)11(12)13/h5-6,9H,3-4,7-8H2,1-2H3,(H2,12,13)/b6-5-,10-9+. The van der Waals surface area contributed by atoms with Crippen molar-refractivity contribution in [2.24, 2.45) is 5.73 Å². The Morgan fingerprint density at radius 2 is 1.92 bits per heavy atom. The predicted molar refractivity (Wildman–Crippen MR) is 56.2 cm³/mol. The van der Waals surface area contributed by atoms with E-state index >= 15 is 0 Å². The first-order valence-corrected chi connectivity index (χ1v) is 4.86. The summed E-state index contributed by atoms with van der Waals surface area (Å²) in [5.41, 5.74) is 5.90. The van der Waals surface area contributed by atoms with Crippen LogP contribution in [0.4, 0.5) is 0 Å². The molecule has 2 nitrogen and oxygen atoms in total. The minimum Gasteiger partial charge on any atom is -0.366 e. The Balaban J connectivity index is 3.80. The molecule has 0 saturated carbocycles. The van der Waals surface area contributed by atoms with Gasteiger partial charge in [0.15, 0.2) is 0 Å². The quantitative estimate of drug-likeness (QED) is 0.382. The van der Waals surface area contributed by atoms with Gasteiger partial charge < -0.3 is 5.73 Å². The highest BCUT2D eigenvalue weighted by Gasteiger charge is 1.98. The van der Waals surface area contributed by atoms with Gasteiger partial charge in [0, 0.05) is 5.57 Å². The van der Waals surface area contributed by atoms with Gasteiger partial charge in [-0.15, -0.1) is 0 Å². The van der Waals surface area contributed by atoms with Crippen LogP contribution in [0.1, 0.15) is 39.5 Å². The Morgan fingerprint density at radius 3 is 2.38 bits per heavy atom. The zero-order chi connectivity index (χ0) is 10.1. The molecular weight excluding hydrogens is 162 g/mol. The molecule has 0 rings (SSSR count). The summed E-state index contributed by atoms with van der Waals surface area (Å²) in [6.07, 6.45) is 9.89. The van der Waals surface area contributed by atoms with Gasteiger partial charge in [0.2, 0.25) is 5.91 Å². The van der Waals surface area contributed by atoms with Crippen LogP contribution in [-0.4, -0.2) is 5.91 Å². The minimum absolute atomic E-state index is 0.290. The van der Waals surface area contributed by atoms with Crippen molar-refractivity contribution in [1.29, 1.82) is 0 Å². The van der Waals surface area contributed by atoms with Gasteiger partial charge in [-0.25, -0.2) is 0 Å². The highest BCUT2D eigenvalue weighted by molar-refractivity contribution is 5.91.